The fourth-order valence-corrected chi connectivity index (χ4v) is 8.75. The predicted octanol–water partition coefficient (Wildman–Crippen LogP) is 3.95. The van der Waals surface area contributed by atoms with Gasteiger partial charge in [-0.25, -0.2) is 8.42 Å². The van der Waals surface area contributed by atoms with Gasteiger partial charge in [0.1, 0.15) is 0 Å². The molecule has 0 aliphatic carbocycles. The number of rotatable bonds is 11. The number of nitrogens with zero attached hydrogens (tertiary/aromatic N) is 6. The molecule has 3 aromatic rings. The van der Waals surface area contributed by atoms with Crippen molar-refractivity contribution in [3.8, 4) is 11.3 Å². The van der Waals surface area contributed by atoms with Crippen molar-refractivity contribution in [2.24, 2.45) is 0 Å². The molecule has 262 valence electrons. The third-order valence-corrected chi connectivity index (χ3v) is 11.7. The Morgan fingerprint density at radius 1 is 1.04 bits per heavy atom. The second kappa shape index (κ2) is 15.2. The van der Waals surface area contributed by atoms with Gasteiger partial charge in [0.05, 0.1) is 43.4 Å². The zero-order valence-corrected chi connectivity index (χ0v) is 28.7. The van der Waals surface area contributed by atoms with E-state index in [1.165, 1.54) is 16.4 Å². The fraction of sp³-hybridized carbons (Fsp3) is 0.576. The standard InChI is InChI=1S/C33H43F3N6O4S2/c1-48(44,45)41-13-9-30-27(23-41)32(25-5-6-28(33(34,35)36)31(20-25)47-19-16-39-14-17-46-18-15-39)38-42(30)22-26(43)21-40-11-7-24(8-12-40)29-4-2-3-10-37-29/h2-6,10,20,24,26,43H,7-9,11-19,21-23H2,1H3. The molecule has 5 heterocycles. The number of hydrogen-bond acceptors (Lipinski definition) is 9. The van der Waals surface area contributed by atoms with Crippen LogP contribution in [0.2, 0.25) is 0 Å². The van der Waals surface area contributed by atoms with Gasteiger partial charge in [-0.05, 0) is 50.2 Å². The van der Waals surface area contributed by atoms with Gasteiger partial charge in [0.2, 0.25) is 10.0 Å². The number of likely N-dealkylation sites (tertiary alicyclic amines) is 1. The second-order valence-electron chi connectivity index (χ2n) is 12.8. The summed E-state index contributed by atoms with van der Waals surface area (Å²) in [5.41, 5.74) is 2.81. The lowest BCUT2D eigenvalue weighted by Gasteiger charge is -2.33. The van der Waals surface area contributed by atoms with E-state index in [2.05, 4.69) is 20.9 Å². The molecule has 3 aliphatic heterocycles. The van der Waals surface area contributed by atoms with Crippen molar-refractivity contribution in [2.45, 2.75) is 55.4 Å². The first kappa shape index (κ1) is 35.3. The van der Waals surface area contributed by atoms with E-state index in [0.717, 1.165) is 74.5 Å². The number of thioether (sulfide) groups is 1. The lowest BCUT2D eigenvalue weighted by atomic mass is 9.93. The van der Waals surface area contributed by atoms with Crippen molar-refractivity contribution in [1.29, 1.82) is 0 Å². The Labute approximate surface area is 284 Å². The zero-order chi connectivity index (χ0) is 33.9. The lowest BCUT2D eigenvalue weighted by Crippen LogP contribution is -2.40. The molecule has 2 aromatic heterocycles. The smallest absolute Gasteiger partial charge is 0.390 e. The van der Waals surface area contributed by atoms with Crippen LogP contribution in [0.1, 0.15) is 41.3 Å². The molecule has 6 rings (SSSR count). The van der Waals surface area contributed by atoms with Crippen molar-refractivity contribution in [2.75, 3.05) is 71.0 Å². The Bertz CT molecular complexity index is 1640. The van der Waals surface area contributed by atoms with Crippen LogP contribution < -0.4 is 0 Å². The van der Waals surface area contributed by atoms with Crippen LogP contribution in [0.4, 0.5) is 13.2 Å². The van der Waals surface area contributed by atoms with Crippen LogP contribution in [-0.4, -0.2) is 120 Å². The number of alkyl halides is 3. The van der Waals surface area contributed by atoms with Crippen molar-refractivity contribution in [3.63, 3.8) is 0 Å². The molecule has 1 atom stereocenters. The SMILES string of the molecule is CS(=O)(=O)N1CCc2c(c(-c3ccc(C(F)(F)F)c(SCCN4CCOCC4)c3)nn2CC(O)CN2CCC(c3ccccn3)CC2)C1. The van der Waals surface area contributed by atoms with E-state index in [1.807, 2.05) is 18.3 Å². The normalized spacial score (nSPS) is 19.8. The van der Waals surface area contributed by atoms with Gasteiger partial charge in [-0.15, -0.1) is 11.8 Å². The zero-order valence-electron chi connectivity index (χ0n) is 27.1. The summed E-state index contributed by atoms with van der Waals surface area (Å²) in [5.74, 6) is 0.871. The van der Waals surface area contributed by atoms with E-state index in [4.69, 9.17) is 9.84 Å². The fourth-order valence-electron chi connectivity index (χ4n) is 6.85. The van der Waals surface area contributed by atoms with Gasteiger partial charge in [-0.2, -0.15) is 22.6 Å². The first-order valence-corrected chi connectivity index (χ1v) is 19.3. The molecule has 3 aliphatic rings. The Morgan fingerprint density at radius 3 is 2.50 bits per heavy atom. The number of fused-ring (bicyclic) bond motifs is 1. The van der Waals surface area contributed by atoms with Gasteiger partial charge < -0.3 is 14.7 Å². The van der Waals surface area contributed by atoms with E-state index in [-0.39, 0.29) is 24.5 Å². The maximum atomic E-state index is 14.1. The molecule has 1 N–H and O–H groups in total. The number of aromatic nitrogens is 3. The number of piperidine rings is 1. The molecular weight excluding hydrogens is 666 g/mol. The third-order valence-electron chi connectivity index (χ3n) is 9.44. The van der Waals surface area contributed by atoms with Crippen LogP contribution >= 0.6 is 11.8 Å². The molecule has 10 nitrogen and oxygen atoms in total. The van der Waals surface area contributed by atoms with Gasteiger partial charge in [-0.3, -0.25) is 14.6 Å². The van der Waals surface area contributed by atoms with Crippen LogP contribution in [0.15, 0.2) is 47.5 Å². The van der Waals surface area contributed by atoms with Crippen LogP contribution in [0.3, 0.4) is 0 Å². The highest BCUT2D eigenvalue weighted by molar-refractivity contribution is 7.99. The largest absolute Gasteiger partial charge is 0.417 e. The number of hydrogen-bond donors (Lipinski definition) is 1. The van der Waals surface area contributed by atoms with E-state index in [0.29, 0.717) is 61.2 Å². The molecule has 0 radical (unpaired) electrons. The molecule has 0 spiro atoms. The Hall–Kier alpha value is -2.53. The van der Waals surface area contributed by atoms with Crippen molar-refractivity contribution >= 4 is 21.8 Å². The summed E-state index contributed by atoms with van der Waals surface area (Å²) < 4.78 is 75.8. The van der Waals surface area contributed by atoms with E-state index < -0.39 is 27.9 Å². The number of halogens is 3. The molecule has 48 heavy (non-hydrogen) atoms. The number of sulfonamides is 1. The first-order chi connectivity index (χ1) is 23.0. The van der Waals surface area contributed by atoms with E-state index >= 15 is 0 Å². The number of morpholine rings is 1. The summed E-state index contributed by atoms with van der Waals surface area (Å²) in [5, 5.41) is 16.1. The van der Waals surface area contributed by atoms with Crippen molar-refractivity contribution in [1.82, 2.24) is 28.9 Å². The van der Waals surface area contributed by atoms with Crippen LogP contribution in [0.5, 0.6) is 0 Å². The summed E-state index contributed by atoms with van der Waals surface area (Å²) in [6.07, 6.45) is 0.00241. The minimum atomic E-state index is -4.53. The maximum Gasteiger partial charge on any atom is 0.417 e. The molecule has 2 fully saturated rings. The molecule has 0 amide bonds. The average molecular weight is 709 g/mol. The Kier molecular flexibility index (Phi) is 11.1. The topological polar surface area (TPSA) is 104 Å². The van der Waals surface area contributed by atoms with Gasteiger partial charge in [0.15, 0.2) is 0 Å². The second-order valence-corrected chi connectivity index (χ2v) is 15.9. The van der Waals surface area contributed by atoms with Gasteiger partial charge >= 0.3 is 6.18 Å². The number of aliphatic hydroxyl groups excluding tert-OH is 1. The summed E-state index contributed by atoms with van der Waals surface area (Å²) >= 11 is 1.16. The van der Waals surface area contributed by atoms with Gasteiger partial charge in [-0.1, -0.05) is 12.1 Å². The monoisotopic (exact) mass is 708 g/mol. The lowest BCUT2D eigenvalue weighted by molar-refractivity contribution is -0.139. The molecular formula is C33H43F3N6O4S2. The minimum Gasteiger partial charge on any atom is -0.390 e. The van der Waals surface area contributed by atoms with Crippen LogP contribution in [0.25, 0.3) is 11.3 Å². The van der Waals surface area contributed by atoms with Crippen molar-refractivity contribution in [3.05, 3.63) is 65.1 Å². The summed E-state index contributed by atoms with van der Waals surface area (Å²) in [4.78, 5) is 9.04. The summed E-state index contributed by atoms with van der Waals surface area (Å²) in [6, 6.07) is 10.0. The number of benzene rings is 1. The Morgan fingerprint density at radius 2 is 1.81 bits per heavy atom. The van der Waals surface area contributed by atoms with Gasteiger partial charge in [0.25, 0.3) is 0 Å². The van der Waals surface area contributed by atoms with Crippen LogP contribution in [0, 0.1) is 0 Å². The number of pyridine rings is 1. The molecule has 1 unspecified atom stereocenters. The van der Waals surface area contributed by atoms with Gasteiger partial charge in [0, 0.05) is 91.0 Å². The van der Waals surface area contributed by atoms with Crippen molar-refractivity contribution < 1.29 is 31.4 Å². The maximum absolute atomic E-state index is 14.1. The summed E-state index contributed by atoms with van der Waals surface area (Å²) in [6.45, 7) is 6.04. The number of ether oxygens (including phenoxy) is 1. The highest BCUT2D eigenvalue weighted by Crippen LogP contribution is 2.40. The highest BCUT2D eigenvalue weighted by atomic mass is 32.2. The molecule has 0 bridgehead atoms. The molecule has 0 saturated carbocycles. The highest BCUT2D eigenvalue weighted by Gasteiger charge is 2.35. The number of aliphatic hydroxyl groups is 1. The molecule has 15 heteroatoms. The third kappa shape index (κ3) is 8.60. The predicted molar refractivity (Wildman–Crippen MR) is 178 cm³/mol. The average Bonchev–Trinajstić information content (AvgIpc) is 3.42. The summed E-state index contributed by atoms with van der Waals surface area (Å²) in [7, 11) is -3.51. The Balaban J connectivity index is 1.21. The quantitative estimate of drug-likeness (QED) is 0.297. The molecule has 2 saturated heterocycles. The van der Waals surface area contributed by atoms with E-state index in [1.54, 1.807) is 4.68 Å². The number of β-amino-alcohol motifs (C(OH)–C–C–N with tert-alkyl or cyclic N) is 1. The van der Waals surface area contributed by atoms with Crippen LogP contribution in [-0.2, 0) is 40.4 Å². The first-order valence-electron chi connectivity index (χ1n) is 16.5. The van der Waals surface area contributed by atoms with E-state index in [9.17, 15) is 26.7 Å². The molecule has 1 aromatic carbocycles. The minimum absolute atomic E-state index is 0.0706.